The molecule has 2 rings (SSSR count). The Labute approximate surface area is 94.9 Å². The van der Waals surface area contributed by atoms with E-state index in [1.54, 1.807) is 17.0 Å². The Bertz CT molecular complexity index is 420. The van der Waals surface area contributed by atoms with Crippen molar-refractivity contribution >= 4 is 5.82 Å². The Balaban J connectivity index is 2.23. The zero-order chi connectivity index (χ0) is 11.7. The van der Waals surface area contributed by atoms with Crippen LogP contribution >= 0.6 is 0 Å². The predicted molar refractivity (Wildman–Crippen MR) is 63.5 cm³/mol. The number of hydrogen-bond acceptors (Lipinski definition) is 4. The molecule has 0 bridgehead atoms. The van der Waals surface area contributed by atoms with Gasteiger partial charge in [0.2, 0.25) is 0 Å². The topological polar surface area (TPSA) is 64.2 Å². The molecule has 2 N–H and O–H groups in total. The first kappa shape index (κ1) is 11.1. The lowest BCUT2D eigenvalue weighted by molar-refractivity contribution is 0.489. The van der Waals surface area contributed by atoms with E-state index in [0.29, 0.717) is 11.7 Å². The molecule has 16 heavy (non-hydrogen) atoms. The molecular weight excluding hydrogens is 204 g/mol. The predicted octanol–water partition coefficient (Wildman–Crippen LogP) is 0.0466. The van der Waals surface area contributed by atoms with Crippen LogP contribution in [0.5, 0.6) is 0 Å². The van der Waals surface area contributed by atoms with Gasteiger partial charge in [0, 0.05) is 38.1 Å². The van der Waals surface area contributed by atoms with Crippen LogP contribution in [0, 0.1) is 5.92 Å². The van der Waals surface area contributed by atoms with Crippen LogP contribution in [-0.2, 0) is 6.54 Å². The molecule has 0 aromatic carbocycles. The molecule has 5 heteroatoms. The molecule has 0 unspecified atom stereocenters. The van der Waals surface area contributed by atoms with Gasteiger partial charge in [-0.2, -0.15) is 0 Å². The molecule has 1 fully saturated rings. The first-order valence-corrected chi connectivity index (χ1v) is 5.64. The summed E-state index contributed by atoms with van der Waals surface area (Å²) >= 11 is 0. The zero-order valence-electron chi connectivity index (χ0n) is 9.76. The summed E-state index contributed by atoms with van der Waals surface area (Å²) in [7, 11) is 0. The van der Waals surface area contributed by atoms with Gasteiger partial charge in [0.25, 0.3) is 5.56 Å². The molecule has 0 atom stereocenters. The molecule has 1 aromatic rings. The van der Waals surface area contributed by atoms with Gasteiger partial charge in [-0.15, -0.1) is 0 Å². The van der Waals surface area contributed by atoms with Crippen LogP contribution in [0.1, 0.15) is 13.8 Å². The van der Waals surface area contributed by atoms with E-state index in [-0.39, 0.29) is 11.6 Å². The first-order valence-electron chi connectivity index (χ1n) is 5.64. The van der Waals surface area contributed by atoms with Crippen LogP contribution in [0.25, 0.3) is 0 Å². The van der Waals surface area contributed by atoms with Crippen molar-refractivity contribution in [3.05, 3.63) is 22.7 Å². The second kappa shape index (κ2) is 4.25. The summed E-state index contributed by atoms with van der Waals surface area (Å²) in [5, 5.41) is 0. The minimum Gasteiger partial charge on any atom is -0.349 e. The van der Waals surface area contributed by atoms with Gasteiger partial charge in [-0.3, -0.25) is 4.79 Å². The molecule has 1 aromatic heterocycles. The minimum atomic E-state index is -0.0110. The summed E-state index contributed by atoms with van der Waals surface area (Å²) in [6.45, 7) is 6.37. The highest BCUT2D eigenvalue weighted by Gasteiger charge is 2.26. The normalized spacial score (nSPS) is 16.6. The van der Waals surface area contributed by atoms with Crippen LogP contribution in [0.15, 0.2) is 17.2 Å². The van der Waals surface area contributed by atoms with Gasteiger partial charge in [0.15, 0.2) is 5.82 Å². The fourth-order valence-electron chi connectivity index (χ4n) is 1.88. The van der Waals surface area contributed by atoms with Crippen molar-refractivity contribution < 1.29 is 0 Å². The highest BCUT2D eigenvalue weighted by molar-refractivity contribution is 5.40. The molecule has 1 aliphatic rings. The molecule has 2 heterocycles. The highest BCUT2D eigenvalue weighted by Crippen LogP contribution is 2.12. The van der Waals surface area contributed by atoms with E-state index in [4.69, 9.17) is 5.73 Å². The van der Waals surface area contributed by atoms with Crippen LogP contribution in [0.2, 0.25) is 0 Å². The smallest absolute Gasteiger partial charge is 0.293 e. The van der Waals surface area contributed by atoms with E-state index in [9.17, 15) is 4.79 Å². The fraction of sp³-hybridized carbons (Fsp3) is 0.636. The van der Waals surface area contributed by atoms with Gasteiger partial charge in [0.1, 0.15) is 0 Å². The van der Waals surface area contributed by atoms with E-state index in [1.165, 1.54) is 0 Å². The molecular formula is C11H18N4O. The number of anilines is 1. The van der Waals surface area contributed by atoms with E-state index in [1.807, 2.05) is 4.90 Å². The summed E-state index contributed by atoms with van der Waals surface area (Å²) in [5.74, 6) is 0.983. The Morgan fingerprint density at radius 1 is 1.56 bits per heavy atom. The van der Waals surface area contributed by atoms with Crippen LogP contribution in [0.3, 0.4) is 0 Å². The fourth-order valence-corrected chi connectivity index (χ4v) is 1.88. The molecule has 88 valence electrons. The van der Waals surface area contributed by atoms with Crippen LogP contribution < -0.4 is 16.2 Å². The van der Waals surface area contributed by atoms with Gasteiger partial charge in [0.05, 0.1) is 0 Å². The van der Waals surface area contributed by atoms with Crippen molar-refractivity contribution in [2.75, 3.05) is 18.0 Å². The third kappa shape index (κ3) is 2.09. The van der Waals surface area contributed by atoms with Crippen molar-refractivity contribution in [1.29, 1.82) is 0 Å². The number of rotatable bonds is 3. The SMILES string of the molecule is CC(C)Cn1ccnc(N2CC(N)C2)c1=O. The number of nitrogens with two attached hydrogens (primary N) is 1. The Morgan fingerprint density at radius 2 is 2.25 bits per heavy atom. The van der Waals surface area contributed by atoms with Crippen molar-refractivity contribution in [2.45, 2.75) is 26.4 Å². The van der Waals surface area contributed by atoms with E-state index < -0.39 is 0 Å². The monoisotopic (exact) mass is 222 g/mol. The van der Waals surface area contributed by atoms with Crippen molar-refractivity contribution in [2.24, 2.45) is 11.7 Å². The average Bonchev–Trinajstić information content (AvgIpc) is 2.16. The van der Waals surface area contributed by atoms with Crippen LogP contribution in [-0.4, -0.2) is 28.7 Å². The molecule has 0 saturated carbocycles. The Morgan fingerprint density at radius 3 is 2.81 bits per heavy atom. The largest absolute Gasteiger partial charge is 0.349 e. The standard InChI is InChI=1S/C11H18N4O/c1-8(2)5-14-4-3-13-10(11(14)16)15-6-9(12)7-15/h3-4,8-9H,5-7,12H2,1-2H3. The van der Waals surface area contributed by atoms with Gasteiger partial charge in [-0.05, 0) is 5.92 Å². The summed E-state index contributed by atoms with van der Waals surface area (Å²) in [4.78, 5) is 18.1. The maximum Gasteiger partial charge on any atom is 0.293 e. The van der Waals surface area contributed by atoms with Gasteiger partial charge in [-0.25, -0.2) is 4.98 Å². The zero-order valence-corrected chi connectivity index (χ0v) is 9.76. The van der Waals surface area contributed by atoms with Gasteiger partial charge >= 0.3 is 0 Å². The summed E-state index contributed by atoms with van der Waals surface area (Å²) in [6, 6.07) is 0.181. The van der Waals surface area contributed by atoms with Crippen LogP contribution in [0.4, 0.5) is 5.82 Å². The molecule has 0 aliphatic carbocycles. The summed E-state index contributed by atoms with van der Waals surface area (Å²) in [6.07, 6.45) is 3.43. The summed E-state index contributed by atoms with van der Waals surface area (Å²) in [5.41, 5.74) is 5.69. The quantitative estimate of drug-likeness (QED) is 0.784. The molecule has 0 amide bonds. The van der Waals surface area contributed by atoms with Crippen molar-refractivity contribution in [3.63, 3.8) is 0 Å². The lowest BCUT2D eigenvalue weighted by Gasteiger charge is -2.37. The first-order chi connectivity index (χ1) is 7.58. The lowest BCUT2D eigenvalue weighted by Crippen LogP contribution is -2.57. The third-order valence-corrected chi connectivity index (χ3v) is 2.67. The van der Waals surface area contributed by atoms with Gasteiger partial charge < -0.3 is 15.2 Å². The molecule has 0 spiro atoms. The second-order valence-electron chi connectivity index (χ2n) is 4.77. The average molecular weight is 222 g/mol. The van der Waals surface area contributed by atoms with E-state index >= 15 is 0 Å². The van der Waals surface area contributed by atoms with E-state index in [0.717, 1.165) is 19.6 Å². The second-order valence-corrected chi connectivity index (χ2v) is 4.77. The maximum absolute atomic E-state index is 12.1. The number of hydrogen-bond donors (Lipinski definition) is 1. The number of nitrogens with zero attached hydrogens (tertiary/aromatic N) is 3. The van der Waals surface area contributed by atoms with Crippen molar-refractivity contribution in [3.8, 4) is 0 Å². The molecule has 5 nitrogen and oxygen atoms in total. The van der Waals surface area contributed by atoms with Crippen molar-refractivity contribution in [1.82, 2.24) is 9.55 Å². The highest BCUT2D eigenvalue weighted by atomic mass is 16.1. The Hall–Kier alpha value is -1.36. The number of aromatic nitrogens is 2. The summed E-state index contributed by atoms with van der Waals surface area (Å²) < 4.78 is 1.72. The minimum absolute atomic E-state index is 0.0110. The molecule has 1 aliphatic heterocycles. The molecule has 1 saturated heterocycles. The maximum atomic E-state index is 12.1. The van der Waals surface area contributed by atoms with Gasteiger partial charge in [-0.1, -0.05) is 13.8 Å². The Kier molecular flexibility index (Phi) is 2.96. The van der Waals surface area contributed by atoms with E-state index in [2.05, 4.69) is 18.8 Å². The third-order valence-electron chi connectivity index (χ3n) is 2.67. The lowest BCUT2D eigenvalue weighted by atomic mass is 10.1. The molecule has 0 radical (unpaired) electrons.